The summed E-state index contributed by atoms with van der Waals surface area (Å²) in [6, 6.07) is 8.08. The molecule has 0 saturated heterocycles. The summed E-state index contributed by atoms with van der Waals surface area (Å²) in [5.41, 5.74) is 8.33. The summed E-state index contributed by atoms with van der Waals surface area (Å²) in [5, 5.41) is 10.2. The number of rotatable bonds is 4. The molecule has 0 atom stereocenters. The van der Waals surface area contributed by atoms with Gasteiger partial charge in [-0.15, -0.1) is 0 Å². The number of esters is 1. The number of nitrogens with zero attached hydrogens (tertiary/aromatic N) is 2. The number of ether oxygens (including phenoxy) is 1. The second-order valence-corrected chi connectivity index (χ2v) is 6.33. The maximum atomic E-state index is 13.4. The van der Waals surface area contributed by atoms with Crippen molar-refractivity contribution in [2.45, 2.75) is 20.8 Å². The molecule has 28 heavy (non-hydrogen) atoms. The van der Waals surface area contributed by atoms with Crippen LogP contribution in [0, 0.1) is 13.8 Å². The first kappa shape index (κ1) is 19.2. The molecular formula is C21H21N3O4. The van der Waals surface area contributed by atoms with Gasteiger partial charge < -0.3 is 15.6 Å². The number of carbonyl (C=O) groups is 1. The van der Waals surface area contributed by atoms with E-state index in [0.29, 0.717) is 16.8 Å². The van der Waals surface area contributed by atoms with Gasteiger partial charge in [-0.3, -0.25) is 14.3 Å². The number of carbonyl (C=O) groups excluding carboxylic acids is 1. The van der Waals surface area contributed by atoms with Gasteiger partial charge in [-0.25, -0.2) is 4.79 Å². The number of phenols is 1. The van der Waals surface area contributed by atoms with Crippen molar-refractivity contribution in [2.75, 3.05) is 12.3 Å². The van der Waals surface area contributed by atoms with Crippen LogP contribution in [0.25, 0.3) is 16.8 Å². The molecule has 0 bridgehead atoms. The number of pyridine rings is 2. The highest BCUT2D eigenvalue weighted by Crippen LogP contribution is 2.30. The molecule has 0 unspecified atom stereocenters. The van der Waals surface area contributed by atoms with Crippen LogP contribution in [0.15, 0.2) is 47.5 Å². The molecule has 0 aliphatic heterocycles. The third-order valence-corrected chi connectivity index (χ3v) is 4.53. The lowest BCUT2D eigenvalue weighted by molar-refractivity contribution is 0.0527. The Kier molecular flexibility index (Phi) is 5.17. The quantitative estimate of drug-likeness (QED) is 0.675. The molecule has 0 aliphatic rings. The fourth-order valence-electron chi connectivity index (χ4n) is 3.12. The maximum Gasteiger partial charge on any atom is 0.341 e. The normalized spacial score (nSPS) is 10.7. The molecule has 144 valence electrons. The number of hydrogen-bond acceptors (Lipinski definition) is 6. The van der Waals surface area contributed by atoms with E-state index >= 15 is 0 Å². The second-order valence-electron chi connectivity index (χ2n) is 6.33. The van der Waals surface area contributed by atoms with Gasteiger partial charge in [-0.05, 0) is 44.5 Å². The lowest BCUT2D eigenvalue weighted by Gasteiger charge is -2.19. The van der Waals surface area contributed by atoms with E-state index < -0.39 is 11.5 Å². The largest absolute Gasteiger partial charge is 0.508 e. The molecule has 2 heterocycles. The molecule has 0 spiro atoms. The van der Waals surface area contributed by atoms with Gasteiger partial charge in [0.05, 0.1) is 17.9 Å². The molecule has 0 fully saturated rings. The first-order valence-corrected chi connectivity index (χ1v) is 8.79. The molecule has 3 rings (SSSR count). The minimum absolute atomic E-state index is 0.0244. The van der Waals surface area contributed by atoms with Crippen LogP contribution in [0.4, 0.5) is 5.82 Å². The van der Waals surface area contributed by atoms with Crippen molar-refractivity contribution < 1.29 is 14.6 Å². The molecule has 0 saturated carbocycles. The average molecular weight is 379 g/mol. The van der Waals surface area contributed by atoms with Gasteiger partial charge in [0, 0.05) is 23.5 Å². The molecule has 3 N–H and O–H groups in total. The van der Waals surface area contributed by atoms with Crippen LogP contribution >= 0.6 is 0 Å². The minimum atomic E-state index is -0.630. The Bertz CT molecular complexity index is 1100. The van der Waals surface area contributed by atoms with Gasteiger partial charge in [-0.2, -0.15) is 0 Å². The number of anilines is 1. The summed E-state index contributed by atoms with van der Waals surface area (Å²) in [4.78, 5) is 29.9. The predicted molar refractivity (Wildman–Crippen MR) is 107 cm³/mol. The predicted octanol–water partition coefficient (Wildman–Crippen LogP) is 2.98. The Hall–Kier alpha value is -3.61. The zero-order valence-corrected chi connectivity index (χ0v) is 15.9. The summed E-state index contributed by atoms with van der Waals surface area (Å²) in [5.74, 6) is -0.654. The van der Waals surface area contributed by atoms with Crippen molar-refractivity contribution in [2.24, 2.45) is 0 Å². The van der Waals surface area contributed by atoms with Crippen molar-refractivity contribution in [1.82, 2.24) is 9.55 Å². The molecule has 0 amide bonds. The topological polar surface area (TPSA) is 107 Å². The SMILES string of the molecule is CCOC(=O)c1cc(-c2cccnc2)c(=O)n(-c2c(C)ccc(O)c2C)c1N. The van der Waals surface area contributed by atoms with Crippen molar-refractivity contribution in [1.29, 1.82) is 0 Å². The number of nitrogens with two attached hydrogens (primary N) is 1. The van der Waals surface area contributed by atoms with E-state index in [-0.39, 0.29) is 29.3 Å². The number of phenolic OH excluding ortho intramolecular Hbond substituents is 1. The lowest BCUT2D eigenvalue weighted by atomic mass is 10.0. The van der Waals surface area contributed by atoms with Crippen LogP contribution in [-0.2, 0) is 4.74 Å². The van der Waals surface area contributed by atoms with E-state index in [0.717, 1.165) is 5.56 Å². The van der Waals surface area contributed by atoms with Crippen LogP contribution in [0.1, 0.15) is 28.4 Å². The average Bonchev–Trinajstić information content (AvgIpc) is 2.68. The van der Waals surface area contributed by atoms with E-state index in [1.807, 2.05) is 0 Å². The molecule has 0 aliphatic carbocycles. The van der Waals surface area contributed by atoms with Gasteiger partial charge in [0.2, 0.25) is 0 Å². The Morgan fingerprint density at radius 1 is 1.29 bits per heavy atom. The zero-order valence-electron chi connectivity index (χ0n) is 15.9. The van der Waals surface area contributed by atoms with E-state index in [2.05, 4.69) is 4.98 Å². The Morgan fingerprint density at radius 3 is 2.68 bits per heavy atom. The van der Waals surface area contributed by atoms with Crippen molar-refractivity contribution in [3.05, 3.63) is 69.8 Å². The Morgan fingerprint density at radius 2 is 2.04 bits per heavy atom. The second kappa shape index (κ2) is 7.56. The third kappa shape index (κ3) is 3.22. The number of aromatic hydroxyl groups is 1. The number of aryl methyl sites for hydroxylation is 1. The summed E-state index contributed by atoms with van der Waals surface area (Å²) in [6.45, 7) is 5.35. The highest BCUT2D eigenvalue weighted by Gasteiger charge is 2.23. The number of aromatic nitrogens is 2. The first-order chi connectivity index (χ1) is 13.4. The highest BCUT2D eigenvalue weighted by molar-refractivity contribution is 5.96. The van der Waals surface area contributed by atoms with Gasteiger partial charge in [0.25, 0.3) is 5.56 Å². The van der Waals surface area contributed by atoms with Gasteiger partial charge in [0.1, 0.15) is 17.1 Å². The Labute approximate surface area is 162 Å². The number of nitrogen functional groups attached to an aromatic ring is 1. The number of benzene rings is 1. The monoisotopic (exact) mass is 379 g/mol. The van der Waals surface area contributed by atoms with Gasteiger partial charge >= 0.3 is 5.97 Å². The van der Waals surface area contributed by atoms with Gasteiger partial charge in [0.15, 0.2) is 0 Å². The summed E-state index contributed by atoms with van der Waals surface area (Å²) < 4.78 is 6.36. The van der Waals surface area contributed by atoms with Crippen LogP contribution < -0.4 is 11.3 Å². The highest BCUT2D eigenvalue weighted by atomic mass is 16.5. The molecule has 1 aromatic carbocycles. The summed E-state index contributed by atoms with van der Waals surface area (Å²) in [7, 11) is 0. The van der Waals surface area contributed by atoms with Crippen LogP contribution in [0.2, 0.25) is 0 Å². The van der Waals surface area contributed by atoms with E-state index in [9.17, 15) is 14.7 Å². The molecule has 2 aromatic heterocycles. The van der Waals surface area contributed by atoms with Crippen molar-refractivity contribution in [3.63, 3.8) is 0 Å². The van der Waals surface area contributed by atoms with E-state index in [1.54, 1.807) is 51.2 Å². The van der Waals surface area contributed by atoms with Gasteiger partial charge in [-0.1, -0.05) is 12.1 Å². The van der Waals surface area contributed by atoms with Crippen molar-refractivity contribution in [3.8, 4) is 22.6 Å². The van der Waals surface area contributed by atoms with Crippen LogP contribution in [0.3, 0.4) is 0 Å². The minimum Gasteiger partial charge on any atom is -0.508 e. The summed E-state index contributed by atoms with van der Waals surface area (Å²) >= 11 is 0. The first-order valence-electron chi connectivity index (χ1n) is 8.79. The standard InChI is InChI=1S/C21H21N3O4/c1-4-28-21(27)16-10-15(14-6-5-9-23-11-14)20(26)24(19(16)22)18-12(2)7-8-17(25)13(18)3/h5-11,25H,4,22H2,1-3H3. The maximum absolute atomic E-state index is 13.4. The third-order valence-electron chi connectivity index (χ3n) is 4.53. The van der Waals surface area contributed by atoms with Crippen molar-refractivity contribution >= 4 is 11.8 Å². The number of hydrogen-bond donors (Lipinski definition) is 2. The molecule has 7 nitrogen and oxygen atoms in total. The fraction of sp³-hybridized carbons (Fsp3) is 0.190. The van der Waals surface area contributed by atoms with Crippen LogP contribution in [-0.4, -0.2) is 27.2 Å². The van der Waals surface area contributed by atoms with E-state index in [1.165, 1.54) is 16.8 Å². The van der Waals surface area contributed by atoms with E-state index in [4.69, 9.17) is 10.5 Å². The lowest BCUT2D eigenvalue weighted by Crippen LogP contribution is -2.27. The molecular weight excluding hydrogens is 358 g/mol. The Balaban J connectivity index is 2.43. The molecule has 3 aromatic rings. The summed E-state index contributed by atoms with van der Waals surface area (Å²) in [6.07, 6.45) is 3.13. The fourth-order valence-corrected chi connectivity index (χ4v) is 3.12. The molecule has 7 heteroatoms. The molecule has 0 radical (unpaired) electrons. The smallest absolute Gasteiger partial charge is 0.341 e. The van der Waals surface area contributed by atoms with Crippen LogP contribution in [0.5, 0.6) is 5.75 Å². The zero-order chi connectivity index (χ0) is 20.4.